The van der Waals surface area contributed by atoms with Crippen LogP contribution in [0.5, 0.6) is 0 Å². The van der Waals surface area contributed by atoms with Crippen LogP contribution in [0.3, 0.4) is 0 Å². The summed E-state index contributed by atoms with van der Waals surface area (Å²) in [6.45, 7) is -0.803. The molecule has 0 bridgehead atoms. The number of tetrazole rings is 1. The molecular weight excluding hydrogens is 526 g/mol. The summed E-state index contributed by atoms with van der Waals surface area (Å²) >= 11 is 3.46. The molecule has 4 rings (SSSR count). The van der Waals surface area contributed by atoms with Gasteiger partial charge in [0.15, 0.2) is 10.8 Å². The highest BCUT2D eigenvalue weighted by molar-refractivity contribution is 8.01. The third-order valence-corrected chi connectivity index (χ3v) is 7.50. The minimum Gasteiger partial charge on any atom is -0.479 e. The molecule has 6 N–H and O–H groups in total. The maximum Gasteiger partial charge on any atom is 0.352 e. The number of nitrogens with zero attached hydrogens (tertiary/aromatic N) is 6. The number of aromatic amines is 1. The van der Waals surface area contributed by atoms with E-state index in [1.165, 1.54) is 17.1 Å². The first-order valence-corrected chi connectivity index (χ1v) is 12.4. The number of aliphatic carboxylic acids is 2. The van der Waals surface area contributed by atoms with Crippen LogP contribution in [0.2, 0.25) is 0 Å². The second-order valence-electron chi connectivity index (χ2n) is 6.78. The van der Waals surface area contributed by atoms with Crippen LogP contribution in [-0.2, 0) is 24.0 Å². The van der Waals surface area contributed by atoms with Crippen molar-refractivity contribution in [2.45, 2.75) is 16.6 Å². The Balaban J connectivity index is 1.49. The SMILES string of the molecule is Nc1nc(C(=NOCC(=O)O)C(=O)NC2C(=O)N3C(C(=O)O)=C(CSc4nn[nH]n4)CS[C@@H]23)cs1. The minimum absolute atomic E-state index is 0.0298. The molecule has 2 aromatic rings. The van der Waals surface area contributed by atoms with Crippen molar-refractivity contribution in [2.24, 2.45) is 5.16 Å². The molecule has 2 aliphatic heterocycles. The van der Waals surface area contributed by atoms with Gasteiger partial charge in [0, 0.05) is 16.9 Å². The summed E-state index contributed by atoms with van der Waals surface area (Å²) in [4.78, 5) is 58.1. The van der Waals surface area contributed by atoms with Crippen LogP contribution in [0.25, 0.3) is 0 Å². The molecule has 0 radical (unpaired) electrons. The normalized spacial score (nSPS) is 19.7. The molecule has 0 spiro atoms. The zero-order chi connectivity index (χ0) is 25.1. The summed E-state index contributed by atoms with van der Waals surface area (Å²) in [5.41, 5.74) is 5.59. The molecule has 2 amide bonds. The number of nitrogens with two attached hydrogens (primary N) is 1. The number of thioether (sulfide) groups is 2. The van der Waals surface area contributed by atoms with Crippen LogP contribution >= 0.6 is 34.9 Å². The summed E-state index contributed by atoms with van der Waals surface area (Å²) in [7, 11) is 0. The van der Waals surface area contributed by atoms with Gasteiger partial charge in [0.2, 0.25) is 11.8 Å². The summed E-state index contributed by atoms with van der Waals surface area (Å²) in [6, 6.07) is -1.05. The monoisotopic (exact) mass is 541 g/mol. The Labute approximate surface area is 207 Å². The molecule has 0 aromatic carbocycles. The number of carboxylic acids is 2. The molecular formula is C16H15N9O7S3. The van der Waals surface area contributed by atoms with Crippen molar-refractivity contribution in [1.29, 1.82) is 0 Å². The van der Waals surface area contributed by atoms with E-state index in [2.05, 4.69) is 40.9 Å². The summed E-state index contributed by atoms with van der Waals surface area (Å²) in [5, 5.41) is 39.1. The number of nitrogen functional groups attached to an aromatic ring is 1. The molecule has 184 valence electrons. The molecule has 1 saturated heterocycles. The maximum atomic E-state index is 12.9. The number of carboxylic acid groups (broad SMARTS) is 2. The van der Waals surface area contributed by atoms with Crippen molar-refractivity contribution in [2.75, 3.05) is 23.8 Å². The number of fused-ring (bicyclic) bond motifs is 1. The van der Waals surface area contributed by atoms with E-state index in [4.69, 9.17) is 10.8 Å². The second kappa shape index (κ2) is 10.3. The Morgan fingerprint density at radius 2 is 2.20 bits per heavy atom. The van der Waals surface area contributed by atoms with Gasteiger partial charge in [-0.05, 0) is 10.8 Å². The molecule has 16 nitrogen and oxygen atoms in total. The summed E-state index contributed by atoms with van der Waals surface area (Å²) in [5.74, 6) is -3.56. The van der Waals surface area contributed by atoms with Gasteiger partial charge in [-0.25, -0.2) is 14.6 Å². The highest BCUT2D eigenvalue weighted by Crippen LogP contribution is 2.41. The average molecular weight is 542 g/mol. The fourth-order valence-electron chi connectivity index (χ4n) is 3.12. The first-order valence-electron chi connectivity index (χ1n) is 9.46. The molecule has 0 saturated carbocycles. The number of hydrogen-bond acceptors (Lipinski definition) is 14. The number of β-lactam (4-membered cyclic amide) rings is 1. The Bertz CT molecular complexity index is 1230. The number of nitrogens with one attached hydrogen (secondary N) is 2. The van der Waals surface area contributed by atoms with Crippen molar-refractivity contribution in [1.82, 2.24) is 35.8 Å². The number of amides is 2. The number of carbonyl (C=O) groups excluding carboxylic acids is 2. The van der Waals surface area contributed by atoms with Crippen LogP contribution in [0.1, 0.15) is 5.69 Å². The molecule has 0 aliphatic carbocycles. The Kier molecular flexibility index (Phi) is 7.17. The number of rotatable bonds is 10. The standard InChI is InChI=1S/C16H15N9O7S3/c17-15-18-6(4-34-15)8(22-32-1-7(26)27)11(28)19-9-12(29)25-10(14(30)31)5(2-33-13(9)25)3-35-16-20-23-24-21-16/h4,9,13H,1-3H2,(H2,17,18)(H,19,28)(H,26,27)(H,30,31)(H,20,21,23,24)/t9?,13-/m0/s1. The largest absolute Gasteiger partial charge is 0.479 e. The number of oxime groups is 1. The highest BCUT2D eigenvalue weighted by atomic mass is 32.2. The fourth-order valence-corrected chi connectivity index (χ4v) is 5.89. The van der Waals surface area contributed by atoms with E-state index >= 15 is 0 Å². The molecule has 1 fully saturated rings. The molecule has 19 heteroatoms. The van der Waals surface area contributed by atoms with Crippen molar-refractivity contribution in [3.05, 3.63) is 22.3 Å². The van der Waals surface area contributed by atoms with Gasteiger partial charge in [-0.1, -0.05) is 16.9 Å². The van der Waals surface area contributed by atoms with E-state index in [-0.39, 0.29) is 28.0 Å². The summed E-state index contributed by atoms with van der Waals surface area (Å²) < 4.78 is 0. The van der Waals surface area contributed by atoms with Gasteiger partial charge >= 0.3 is 11.9 Å². The maximum absolute atomic E-state index is 12.9. The van der Waals surface area contributed by atoms with E-state index in [1.54, 1.807) is 0 Å². The first kappa shape index (κ1) is 24.4. The van der Waals surface area contributed by atoms with Crippen molar-refractivity contribution >= 4 is 69.5 Å². The Morgan fingerprint density at radius 1 is 1.40 bits per heavy atom. The van der Waals surface area contributed by atoms with E-state index in [9.17, 15) is 24.3 Å². The molecule has 2 aromatic heterocycles. The lowest BCUT2D eigenvalue weighted by molar-refractivity contribution is -0.150. The van der Waals surface area contributed by atoms with Crippen molar-refractivity contribution in [3.8, 4) is 0 Å². The van der Waals surface area contributed by atoms with Gasteiger partial charge in [0.25, 0.3) is 11.8 Å². The fraction of sp³-hybridized carbons (Fsp3) is 0.312. The van der Waals surface area contributed by atoms with E-state index in [0.29, 0.717) is 16.5 Å². The van der Waals surface area contributed by atoms with E-state index in [1.807, 2.05) is 0 Å². The van der Waals surface area contributed by atoms with Crippen molar-refractivity contribution in [3.63, 3.8) is 0 Å². The predicted molar refractivity (Wildman–Crippen MR) is 121 cm³/mol. The zero-order valence-corrected chi connectivity index (χ0v) is 19.7. The van der Waals surface area contributed by atoms with Crippen molar-refractivity contribution < 1.29 is 34.2 Å². The van der Waals surface area contributed by atoms with Crippen LogP contribution < -0.4 is 11.1 Å². The van der Waals surface area contributed by atoms with Gasteiger partial charge in [-0.2, -0.15) is 5.21 Å². The number of aromatic nitrogens is 5. The summed E-state index contributed by atoms with van der Waals surface area (Å²) in [6.07, 6.45) is 0. The predicted octanol–water partition coefficient (Wildman–Crippen LogP) is -1.43. The van der Waals surface area contributed by atoms with Gasteiger partial charge in [0.05, 0.1) is 0 Å². The Morgan fingerprint density at radius 3 is 2.83 bits per heavy atom. The number of carbonyl (C=O) groups is 4. The lowest BCUT2D eigenvalue weighted by Gasteiger charge is -2.49. The lowest BCUT2D eigenvalue weighted by Crippen LogP contribution is -2.71. The third kappa shape index (κ3) is 5.20. The topological polar surface area (TPSA) is 239 Å². The molecule has 35 heavy (non-hydrogen) atoms. The van der Waals surface area contributed by atoms with E-state index < -0.39 is 41.8 Å². The number of anilines is 1. The smallest absolute Gasteiger partial charge is 0.352 e. The number of thiazole rings is 1. The van der Waals surface area contributed by atoms with Crippen LogP contribution in [0.4, 0.5) is 5.13 Å². The minimum atomic E-state index is -1.31. The number of hydrogen-bond donors (Lipinski definition) is 5. The zero-order valence-electron chi connectivity index (χ0n) is 17.3. The van der Waals surface area contributed by atoms with Gasteiger partial charge < -0.3 is 26.1 Å². The quantitative estimate of drug-likeness (QED) is 0.100. The van der Waals surface area contributed by atoms with Gasteiger partial charge in [-0.15, -0.1) is 33.3 Å². The highest BCUT2D eigenvalue weighted by Gasteiger charge is 2.54. The van der Waals surface area contributed by atoms with Gasteiger partial charge in [0.1, 0.15) is 22.8 Å². The first-order chi connectivity index (χ1) is 16.8. The molecule has 2 atom stereocenters. The lowest BCUT2D eigenvalue weighted by atomic mass is 10.0. The van der Waals surface area contributed by atoms with E-state index in [0.717, 1.165) is 28.0 Å². The Hall–Kier alpha value is -3.71. The van der Waals surface area contributed by atoms with Crippen LogP contribution in [0, 0.1) is 0 Å². The molecule has 4 heterocycles. The second-order valence-corrected chi connectivity index (χ2v) is 9.72. The van der Waals surface area contributed by atoms with Crippen LogP contribution in [-0.4, -0.2) is 99.7 Å². The molecule has 1 unspecified atom stereocenters. The average Bonchev–Trinajstić information content (AvgIpc) is 3.49. The van der Waals surface area contributed by atoms with Gasteiger partial charge in [-0.3, -0.25) is 14.5 Å². The molecule has 2 aliphatic rings. The van der Waals surface area contributed by atoms with Crippen LogP contribution in [0.15, 0.2) is 27.0 Å². The number of H-pyrrole nitrogens is 1. The third-order valence-electron chi connectivity index (χ3n) is 4.56.